The minimum absolute atomic E-state index is 0.0392. The number of nitrogens with one attached hydrogen (secondary N) is 1. The number of nitrogens with zero attached hydrogens (tertiary/aromatic N) is 4. The van der Waals surface area contributed by atoms with Crippen molar-refractivity contribution in [1.82, 2.24) is 10.3 Å². The number of carbonyl (C=O) groups excluding carboxylic acids is 1. The van der Waals surface area contributed by atoms with Gasteiger partial charge in [-0.1, -0.05) is 11.6 Å². The van der Waals surface area contributed by atoms with Gasteiger partial charge in [-0.05, 0) is 67.9 Å². The average molecular weight is 503 g/mol. The zero-order chi connectivity index (χ0) is 24.1. The molecule has 0 aromatic heterocycles. The SMILES string of the molecule is NC(=S)NN=Cc1cc(F)c(N2CCN(C(=O)c3ccc(Cl)cc3)CC2)cc1N1CCCCC1. The molecular weight excluding hydrogens is 475 g/mol. The third-order valence-electron chi connectivity index (χ3n) is 6.17. The predicted molar refractivity (Wildman–Crippen MR) is 140 cm³/mol. The number of hydrazone groups is 1. The molecule has 2 aromatic rings. The molecule has 0 unspecified atom stereocenters. The van der Waals surface area contributed by atoms with E-state index in [9.17, 15) is 4.79 Å². The van der Waals surface area contributed by atoms with Gasteiger partial charge in [0.2, 0.25) is 0 Å². The Bertz CT molecular complexity index is 1070. The Hall–Kier alpha value is -2.91. The number of rotatable bonds is 5. The summed E-state index contributed by atoms with van der Waals surface area (Å²) < 4.78 is 15.2. The summed E-state index contributed by atoms with van der Waals surface area (Å²) in [6.45, 7) is 3.95. The molecule has 2 heterocycles. The highest BCUT2D eigenvalue weighted by Crippen LogP contribution is 2.32. The van der Waals surface area contributed by atoms with E-state index >= 15 is 4.39 Å². The Labute approximate surface area is 209 Å². The Balaban J connectivity index is 1.52. The molecule has 2 fully saturated rings. The molecule has 180 valence electrons. The number of nitrogens with two attached hydrogens (primary N) is 1. The summed E-state index contributed by atoms with van der Waals surface area (Å²) in [4.78, 5) is 18.9. The topological polar surface area (TPSA) is 77.2 Å². The minimum Gasteiger partial charge on any atom is -0.375 e. The molecule has 0 saturated carbocycles. The van der Waals surface area contributed by atoms with Crippen molar-refractivity contribution in [2.45, 2.75) is 19.3 Å². The van der Waals surface area contributed by atoms with E-state index in [0.717, 1.165) is 31.6 Å². The first-order valence-electron chi connectivity index (χ1n) is 11.4. The number of hydrogen-bond donors (Lipinski definition) is 2. The van der Waals surface area contributed by atoms with Crippen LogP contribution in [0.25, 0.3) is 0 Å². The van der Waals surface area contributed by atoms with Crippen LogP contribution in [0.1, 0.15) is 35.2 Å². The summed E-state index contributed by atoms with van der Waals surface area (Å²) in [5.41, 5.74) is 10.7. The van der Waals surface area contributed by atoms with Crippen LogP contribution in [-0.2, 0) is 0 Å². The monoisotopic (exact) mass is 502 g/mol. The fourth-order valence-electron chi connectivity index (χ4n) is 4.41. The quantitative estimate of drug-likeness (QED) is 0.369. The lowest BCUT2D eigenvalue weighted by atomic mass is 10.1. The molecule has 10 heteroatoms. The molecule has 34 heavy (non-hydrogen) atoms. The number of anilines is 2. The molecule has 4 rings (SSSR count). The summed E-state index contributed by atoms with van der Waals surface area (Å²) in [7, 11) is 0. The molecule has 0 radical (unpaired) electrons. The second-order valence-electron chi connectivity index (χ2n) is 8.43. The maximum absolute atomic E-state index is 15.2. The van der Waals surface area contributed by atoms with Gasteiger partial charge in [-0.2, -0.15) is 5.10 Å². The Morgan fingerprint density at radius 2 is 1.65 bits per heavy atom. The van der Waals surface area contributed by atoms with Crippen molar-refractivity contribution >= 4 is 52.4 Å². The number of benzene rings is 2. The van der Waals surface area contributed by atoms with Gasteiger partial charge in [-0.15, -0.1) is 0 Å². The second kappa shape index (κ2) is 11.0. The smallest absolute Gasteiger partial charge is 0.253 e. The number of piperidine rings is 1. The summed E-state index contributed by atoms with van der Waals surface area (Å²) in [5, 5.41) is 4.69. The van der Waals surface area contributed by atoms with E-state index in [1.165, 1.54) is 12.5 Å². The second-order valence-corrected chi connectivity index (χ2v) is 9.31. The molecule has 2 aliphatic heterocycles. The molecule has 1 amide bonds. The number of hydrogen-bond acceptors (Lipinski definition) is 5. The number of thiocarbonyl (C=S) groups is 1. The van der Waals surface area contributed by atoms with Crippen molar-refractivity contribution in [2.75, 3.05) is 49.1 Å². The first-order valence-corrected chi connectivity index (χ1v) is 12.2. The number of halogens is 2. The third-order valence-corrected chi connectivity index (χ3v) is 6.51. The van der Waals surface area contributed by atoms with Crippen molar-refractivity contribution in [3.63, 3.8) is 0 Å². The van der Waals surface area contributed by atoms with Crippen molar-refractivity contribution in [3.8, 4) is 0 Å². The molecular formula is C24H28ClFN6OS. The Kier molecular flexibility index (Phi) is 7.84. The third kappa shape index (κ3) is 5.77. The zero-order valence-electron chi connectivity index (χ0n) is 18.8. The van der Waals surface area contributed by atoms with E-state index < -0.39 is 0 Å². The molecule has 0 spiro atoms. The first kappa shape index (κ1) is 24.2. The van der Waals surface area contributed by atoms with Crippen molar-refractivity contribution < 1.29 is 9.18 Å². The van der Waals surface area contributed by atoms with Gasteiger partial charge >= 0.3 is 0 Å². The largest absolute Gasteiger partial charge is 0.375 e. The molecule has 0 atom stereocenters. The summed E-state index contributed by atoms with van der Waals surface area (Å²) in [6.07, 6.45) is 4.94. The highest BCUT2D eigenvalue weighted by molar-refractivity contribution is 7.80. The fourth-order valence-corrected chi connectivity index (χ4v) is 4.59. The maximum Gasteiger partial charge on any atom is 0.253 e. The van der Waals surface area contributed by atoms with E-state index in [0.29, 0.717) is 48.0 Å². The molecule has 2 aromatic carbocycles. The van der Waals surface area contributed by atoms with Gasteiger partial charge in [0.15, 0.2) is 5.11 Å². The summed E-state index contributed by atoms with van der Waals surface area (Å²) in [5.74, 6) is -0.363. The van der Waals surface area contributed by atoms with Crippen LogP contribution >= 0.6 is 23.8 Å². The van der Waals surface area contributed by atoms with Crippen LogP contribution in [0.15, 0.2) is 41.5 Å². The number of piperazine rings is 1. The van der Waals surface area contributed by atoms with Gasteiger partial charge in [-0.25, -0.2) is 4.39 Å². The van der Waals surface area contributed by atoms with Gasteiger partial charge in [-0.3, -0.25) is 10.2 Å². The molecule has 7 nitrogen and oxygen atoms in total. The predicted octanol–water partition coefficient (Wildman–Crippen LogP) is 3.60. The van der Waals surface area contributed by atoms with Gasteiger partial charge in [0.05, 0.1) is 11.9 Å². The first-order chi connectivity index (χ1) is 16.4. The normalized spacial score (nSPS) is 16.7. The van der Waals surface area contributed by atoms with Gasteiger partial charge < -0.3 is 20.4 Å². The minimum atomic E-state index is -0.324. The molecule has 2 saturated heterocycles. The summed E-state index contributed by atoms with van der Waals surface area (Å²) in [6, 6.07) is 10.3. The van der Waals surface area contributed by atoms with E-state index in [-0.39, 0.29) is 16.8 Å². The van der Waals surface area contributed by atoms with Crippen LogP contribution in [0.3, 0.4) is 0 Å². The van der Waals surface area contributed by atoms with Gasteiger partial charge in [0, 0.05) is 61.1 Å². The maximum atomic E-state index is 15.2. The van der Waals surface area contributed by atoms with Crippen molar-refractivity contribution in [2.24, 2.45) is 10.8 Å². The highest BCUT2D eigenvalue weighted by Gasteiger charge is 2.25. The number of carbonyl (C=O) groups is 1. The van der Waals surface area contributed by atoms with Crippen LogP contribution in [-0.4, -0.2) is 61.4 Å². The Morgan fingerprint density at radius 3 is 2.29 bits per heavy atom. The standard InChI is InChI=1S/C24H28ClFN6OS/c25-19-6-4-17(5-7-19)23(33)32-12-10-31(11-13-32)22-15-21(30-8-2-1-3-9-30)18(14-20(22)26)16-28-29-24(27)34/h4-7,14-16H,1-3,8-13H2,(H3,27,29,34). The van der Waals surface area contributed by atoms with Crippen LogP contribution in [0.2, 0.25) is 5.02 Å². The molecule has 0 aliphatic carbocycles. The molecule has 3 N–H and O–H groups in total. The van der Waals surface area contributed by atoms with Crippen LogP contribution < -0.4 is 21.0 Å². The van der Waals surface area contributed by atoms with E-state index in [2.05, 4.69) is 15.4 Å². The lowest BCUT2D eigenvalue weighted by Crippen LogP contribution is -2.49. The van der Waals surface area contributed by atoms with Gasteiger partial charge in [0.1, 0.15) is 5.82 Å². The van der Waals surface area contributed by atoms with Gasteiger partial charge in [0.25, 0.3) is 5.91 Å². The van der Waals surface area contributed by atoms with E-state index in [1.807, 2.05) is 11.0 Å². The van der Waals surface area contributed by atoms with E-state index in [1.54, 1.807) is 35.4 Å². The molecule has 0 bridgehead atoms. The zero-order valence-corrected chi connectivity index (χ0v) is 20.4. The number of amides is 1. The Morgan fingerprint density at radius 1 is 1.00 bits per heavy atom. The van der Waals surface area contributed by atoms with Crippen LogP contribution in [0.5, 0.6) is 0 Å². The fraction of sp³-hybridized carbons (Fsp3) is 0.375. The van der Waals surface area contributed by atoms with Crippen LogP contribution in [0, 0.1) is 5.82 Å². The van der Waals surface area contributed by atoms with Crippen molar-refractivity contribution in [3.05, 3.63) is 58.4 Å². The average Bonchev–Trinajstić information content (AvgIpc) is 2.85. The lowest BCUT2D eigenvalue weighted by molar-refractivity contribution is 0.0746. The molecule has 2 aliphatic rings. The van der Waals surface area contributed by atoms with Crippen LogP contribution in [0.4, 0.5) is 15.8 Å². The highest BCUT2D eigenvalue weighted by atomic mass is 35.5. The van der Waals surface area contributed by atoms with Crippen molar-refractivity contribution in [1.29, 1.82) is 0 Å². The summed E-state index contributed by atoms with van der Waals surface area (Å²) >= 11 is 10.7. The van der Waals surface area contributed by atoms with E-state index in [4.69, 9.17) is 29.6 Å². The lowest BCUT2D eigenvalue weighted by Gasteiger charge is -2.37.